The third-order valence-electron chi connectivity index (χ3n) is 3.04. The molecule has 19 heavy (non-hydrogen) atoms. The number of methoxy groups -OCH3 is 1. The van der Waals surface area contributed by atoms with Gasteiger partial charge in [-0.2, -0.15) is 0 Å². The predicted octanol–water partition coefficient (Wildman–Crippen LogP) is 3.08. The Morgan fingerprint density at radius 2 is 1.89 bits per heavy atom. The lowest BCUT2D eigenvalue weighted by molar-refractivity contribution is 0.0523. The number of hydrogen-bond donors (Lipinski definition) is 1. The van der Waals surface area contributed by atoms with E-state index in [0.717, 1.165) is 12.2 Å². The fraction of sp³-hybridized carbons (Fsp3) is 0.533. The minimum absolute atomic E-state index is 0.184. The van der Waals surface area contributed by atoms with E-state index < -0.39 is 5.60 Å². The molecule has 0 aromatic heterocycles. The van der Waals surface area contributed by atoms with Crippen LogP contribution in [0.25, 0.3) is 0 Å². The third-order valence-corrected chi connectivity index (χ3v) is 3.04. The van der Waals surface area contributed by atoms with Gasteiger partial charge in [0.05, 0.1) is 7.11 Å². The van der Waals surface area contributed by atoms with Crippen LogP contribution in [0.3, 0.4) is 0 Å². The van der Waals surface area contributed by atoms with Gasteiger partial charge in [0.25, 0.3) is 0 Å². The lowest BCUT2D eigenvalue weighted by Gasteiger charge is -2.19. The van der Waals surface area contributed by atoms with E-state index in [1.165, 1.54) is 5.56 Å². The van der Waals surface area contributed by atoms with Crippen LogP contribution in [0, 0.1) is 0 Å². The van der Waals surface area contributed by atoms with Crippen LogP contribution >= 0.6 is 0 Å². The zero-order valence-electron chi connectivity index (χ0n) is 11.9. The quantitative estimate of drug-likeness (QED) is 0.911. The van der Waals surface area contributed by atoms with Crippen molar-refractivity contribution in [1.29, 1.82) is 0 Å². The lowest BCUT2D eigenvalue weighted by atomic mass is 10.1. The molecule has 0 aliphatic heterocycles. The second kappa shape index (κ2) is 5.11. The fourth-order valence-electron chi connectivity index (χ4n) is 2.03. The SMILES string of the molecule is COc1ccc(C2CC2NC(=O)OC(C)(C)C)cc1. The molecule has 0 radical (unpaired) electrons. The van der Waals surface area contributed by atoms with Crippen LogP contribution < -0.4 is 10.1 Å². The van der Waals surface area contributed by atoms with Crippen molar-refractivity contribution in [2.45, 2.75) is 44.8 Å². The summed E-state index contributed by atoms with van der Waals surface area (Å²) in [6.07, 6.45) is 0.625. The number of hydrogen-bond acceptors (Lipinski definition) is 3. The number of benzene rings is 1. The molecule has 1 aromatic rings. The van der Waals surface area contributed by atoms with E-state index in [2.05, 4.69) is 5.32 Å². The van der Waals surface area contributed by atoms with Crippen LogP contribution in [0.15, 0.2) is 24.3 Å². The van der Waals surface area contributed by atoms with E-state index in [-0.39, 0.29) is 12.1 Å². The molecule has 0 spiro atoms. The highest BCUT2D eigenvalue weighted by Crippen LogP contribution is 2.41. The average molecular weight is 263 g/mol. The number of carbonyl (C=O) groups is 1. The normalized spacial score (nSPS) is 21.7. The van der Waals surface area contributed by atoms with E-state index in [9.17, 15) is 4.79 Å². The van der Waals surface area contributed by atoms with Gasteiger partial charge in [-0.1, -0.05) is 12.1 Å². The van der Waals surface area contributed by atoms with Crippen molar-refractivity contribution in [2.75, 3.05) is 7.11 Å². The molecule has 0 bridgehead atoms. The summed E-state index contributed by atoms with van der Waals surface area (Å²) in [5.74, 6) is 1.24. The topological polar surface area (TPSA) is 47.6 Å². The summed E-state index contributed by atoms with van der Waals surface area (Å²) >= 11 is 0. The molecular weight excluding hydrogens is 242 g/mol. The molecule has 1 aliphatic rings. The Labute approximate surface area is 114 Å². The lowest BCUT2D eigenvalue weighted by Crippen LogP contribution is -2.34. The van der Waals surface area contributed by atoms with Crippen molar-refractivity contribution >= 4 is 6.09 Å². The van der Waals surface area contributed by atoms with Gasteiger partial charge in [-0.15, -0.1) is 0 Å². The minimum Gasteiger partial charge on any atom is -0.497 e. The molecule has 1 aromatic carbocycles. The number of alkyl carbamates (subject to hydrolysis) is 1. The maximum absolute atomic E-state index is 11.6. The second-order valence-corrected chi connectivity index (χ2v) is 5.87. The molecule has 1 amide bonds. The van der Waals surface area contributed by atoms with Crippen LogP contribution in [0.1, 0.15) is 38.7 Å². The van der Waals surface area contributed by atoms with Crippen LogP contribution in [-0.2, 0) is 4.74 Å². The van der Waals surface area contributed by atoms with Gasteiger partial charge in [0, 0.05) is 12.0 Å². The molecular formula is C15H21NO3. The van der Waals surface area contributed by atoms with Crippen LogP contribution in [-0.4, -0.2) is 24.8 Å². The van der Waals surface area contributed by atoms with Crippen molar-refractivity contribution in [1.82, 2.24) is 5.32 Å². The van der Waals surface area contributed by atoms with Crippen LogP contribution in [0.4, 0.5) is 4.79 Å². The number of amides is 1. The van der Waals surface area contributed by atoms with E-state index in [4.69, 9.17) is 9.47 Å². The van der Waals surface area contributed by atoms with Gasteiger partial charge in [-0.25, -0.2) is 4.79 Å². The van der Waals surface area contributed by atoms with Crippen molar-refractivity contribution in [3.8, 4) is 5.75 Å². The highest BCUT2D eigenvalue weighted by molar-refractivity contribution is 5.69. The van der Waals surface area contributed by atoms with Gasteiger partial charge in [0.1, 0.15) is 11.4 Å². The van der Waals surface area contributed by atoms with E-state index in [1.807, 2.05) is 45.0 Å². The highest BCUT2D eigenvalue weighted by Gasteiger charge is 2.40. The zero-order valence-corrected chi connectivity index (χ0v) is 11.9. The van der Waals surface area contributed by atoms with Crippen molar-refractivity contribution in [3.05, 3.63) is 29.8 Å². The summed E-state index contributed by atoms with van der Waals surface area (Å²) in [5.41, 5.74) is 0.774. The third kappa shape index (κ3) is 3.88. The minimum atomic E-state index is -0.450. The first-order chi connectivity index (χ1) is 8.89. The van der Waals surface area contributed by atoms with Gasteiger partial charge in [-0.3, -0.25) is 0 Å². The smallest absolute Gasteiger partial charge is 0.407 e. The van der Waals surface area contributed by atoms with E-state index in [1.54, 1.807) is 7.11 Å². The summed E-state index contributed by atoms with van der Waals surface area (Å²) in [7, 11) is 1.65. The standard InChI is InChI=1S/C15H21NO3/c1-15(2,3)19-14(17)16-13-9-12(13)10-5-7-11(18-4)8-6-10/h5-8,12-13H,9H2,1-4H3,(H,16,17). The molecule has 1 N–H and O–H groups in total. The number of carbonyl (C=O) groups excluding carboxylic acids is 1. The first kappa shape index (κ1) is 13.7. The molecule has 2 atom stereocenters. The molecule has 4 heteroatoms. The van der Waals surface area contributed by atoms with Crippen molar-refractivity contribution in [2.24, 2.45) is 0 Å². The Morgan fingerprint density at radius 3 is 2.42 bits per heavy atom. The molecule has 2 rings (SSSR count). The molecule has 0 saturated heterocycles. The van der Waals surface area contributed by atoms with Gasteiger partial charge >= 0.3 is 6.09 Å². The molecule has 4 nitrogen and oxygen atoms in total. The Hall–Kier alpha value is -1.71. The molecule has 1 saturated carbocycles. The van der Waals surface area contributed by atoms with Gasteiger partial charge in [0.2, 0.25) is 0 Å². The summed E-state index contributed by atoms with van der Waals surface area (Å²) in [5, 5.41) is 2.90. The van der Waals surface area contributed by atoms with Gasteiger partial charge in [-0.05, 0) is 44.9 Å². The molecule has 2 unspecified atom stereocenters. The molecule has 104 valence electrons. The largest absolute Gasteiger partial charge is 0.497 e. The van der Waals surface area contributed by atoms with Gasteiger partial charge < -0.3 is 14.8 Å². The average Bonchev–Trinajstić information content (AvgIpc) is 3.06. The number of ether oxygens (including phenoxy) is 2. The highest BCUT2D eigenvalue weighted by atomic mass is 16.6. The Morgan fingerprint density at radius 1 is 1.26 bits per heavy atom. The Kier molecular flexibility index (Phi) is 3.69. The summed E-state index contributed by atoms with van der Waals surface area (Å²) in [6.45, 7) is 5.58. The van der Waals surface area contributed by atoms with Crippen molar-refractivity contribution in [3.63, 3.8) is 0 Å². The maximum atomic E-state index is 11.6. The molecule has 0 heterocycles. The first-order valence-electron chi connectivity index (χ1n) is 6.52. The Balaban J connectivity index is 1.85. The zero-order chi connectivity index (χ0) is 14.0. The van der Waals surface area contributed by atoms with Crippen LogP contribution in [0.5, 0.6) is 5.75 Å². The second-order valence-electron chi connectivity index (χ2n) is 5.87. The molecule has 1 fully saturated rings. The van der Waals surface area contributed by atoms with Crippen LogP contribution in [0.2, 0.25) is 0 Å². The van der Waals surface area contributed by atoms with E-state index in [0.29, 0.717) is 5.92 Å². The predicted molar refractivity (Wildman–Crippen MR) is 73.5 cm³/mol. The van der Waals surface area contributed by atoms with Gasteiger partial charge in [0.15, 0.2) is 0 Å². The number of nitrogens with one attached hydrogen (secondary N) is 1. The fourth-order valence-corrected chi connectivity index (χ4v) is 2.03. The van der Waals surface area contributed by atoms with Crippen molar-refractivity contribution < 1.29 is 14.3 Å². The Bertz CT molecular complexity index is 447. The summed E-state index contributed by atoms with van der Waals surface area (Å²) < 4.78 is 10.4. The molecule has 1 aliphatic carbocycles. The first-order valence-corrected chi connectivity index (χ1v) is 6.52. The maximum Gasteiger partial charge on any atom is 0.407 e. The number of rotatable bonds is 3. The summed E-state index contributed by atoms with van der Waals surface area (Å²) in [6, 6.07) is 8.15. The monoisotopic (exact) mass is 263 g/mol. The van der Waals surface area contributed by atoms with E-state index >= 15 is 0 Å². The summed E-state index contributed by atoms with van der Waals surface area (Å²) in [4.78, 5) is 11.6.